The third-order valence-corrected chi connectivity index (χ3v) is 5.96. The van der Waals surface area contributed by atoms with Crippen LogP contribution in [0.5, 0.6) is 0 Å². The van der Waals surface area contributed by atoms with Crippen LogP contribution in [0.1, 0.15) is 15.9 Å². The second kappa shape index (κ2) is 8.22. The van der Waals surface area contributed by atoms with Crippen LogP contribution in [0.4, 0.5) is 5.69 Å². The average Bonchev–Trinajstić information content (AvgIpc) is 2.67. The van der Waals surface area contributed by atoms with Crippen LogP contribution in [0.2, 0.25) is 0 Å². The van der Waals surface area contributed by atoms with Crippen LogP contribution in [0.25, 0.3) is 0 Å². The van der Waals surface area contributed by atoms with Gasteiger partial charge in [0.15, 0.2) is 0 Å². The molecule has 2 amide bonds. The third-order valence-electron chi connectivity index (χ3n) is 4.16. The molecule has 0 saturated carbocycles. The summed E-state index contributed by atoms with van der Waals surface area (Å²) in [7, 11) is 0.797. The molecule has 0 unspecified atom stereocenters. The largest absolute Gasteiger partial charge is 0.358 e. The van der Waals surface area contributed by atoms with Crippen molar-refractivity contribution in [3.05, 3.63) is 59.7 Å². The van der Waals surface area contributed by atoms with Gasteiger partial charge in [0.2, 0.25) is 5.91 Å². The van der Waals surface area contributed by atoms with Gasteiger partial charge in [0.25, 0.3) is 15.9 Å². The fraction of sp³-hybridized carbons (Fsp3) is 0.263. The van der Waals surface area contributed by atoms with Crippen molar-refractivity contribution in [1.82, 2.24) is 10.2 Å². The molecule has 0 atom stereocenters. The first-order chi connectivity index (χ1) is 12.7. The Kier molecular flexibility index (Phi) is 6.22. The Morgan fingerprint density at radius 1 is 0.963 bits per heavy atom. The Morgan fingerprint density at radius 2 is 1.52 bits per heavy atom. The second-order valence-electron chi connectivity index (χ2n) is 6.17. The maximum absolute atomic E-state index is 12.7. The highest BCUT2D eigenvalue weighted by Gasteiger charge is 2.22. The third kappa shape index (κ3) is 4.65. The predicted molar refractivity (Wildman–Crippen MR) is 104 cm³/mol. The minimum absolute atomic E-state index is 0.0568. The van der Waals surface area contributed by atoms with Crippen LogP contribution < -0.4 is 9.62 Å². The van der Waals surface area contributed by atoms with Crippen molar-refractivity contribution in [2.75, 3.05) is 32.0 Å². The zero-order valence-corrected chi connectivity index (χ0v) is 16.6. The zero-order valence-electron chi connectivity index (χ0n) is 15.8. The average molecular weight is 389 g/mol. The molecular formula is C19H23N3O4S. The highest BCUT2D eigenvalue weighted by molar-refractivity contribution is 7.92. The molecule has 0 heterocycles. The summed E-state index contributed by atoms with van der Waals surface area (Å²) in [4.78, 5) is 25.2. The van der Waals surface area contributed by atoms with Crippen molar-refractivity contribution in [2.45, 2.75) is 11.8 Å². The molecule has 2 aromatic rings. The van der Waals surface area contributed by atoms with E-state index in [4.69, 9.17) is 0 Å². The lowest BCUT2D eigenvalue weighted by molar-refractivity contribution is -0.121. The summed E-state index contributed by atoms with van der Waals surface area (Å²) in [5.41, 5.74) is 1.77. The Labute approximate surface area is 159 Å². The van der Waals surface area contributed by atoms with Gasteiger partial charge in [-0.3, -0.25) is 13.9 Å². The zero-order chi connectivity index (χ0) is 20.2. The molecule has 2 rings (SSSR count). The molecule has 8 heteroatoms. The van der Waals surface area contributed by atoms with Gasteiger partial charge >= 0.3 is 0 Å². The summed E-state index contributed by atoms with van der Waals surface area (Å²) in [6.45, 7) is 1.83. The van der Waals surface area contributed by atoms with Crippen molar-refractivity contribution >= 4 is 27.5 Å². The number of nitrogens with one attached hydrogen (secondary N) is 1. The molecule has 0 spiro atoms. The van der Waals surface area contributed by atoms with E-state index in [0.29, 0.717) is 11.3 Å². The lowest BCUT2D eigenvalue weighted by atomic mass is 10.2. The summed E-state index contributed by atoms with van der Waals surface area (Å²) in [6, 6.07) is 12.8. The van der Waals surface area contributed by atoms with E-state index in [1.807, 2.05) is 6.92 Å². The Bertz CT molecular complexity index is 922. The molecule has 2 aromatic carbocycles. The molecule has 0 aromatic heterocycles. The molecule has 0 saturated heterocycles. The van der Waals surface area contributed by atoms with E-state index in [2.05, 4.69) is 5.32 Å². The molecule has 0 fully saturated rings. The molecule has 0 aliphatic heterocycles. The van der Waals surface area contributed by atoms with Crippen LogP contribution in [0.15, 0.2) is 53.4 Å². The van der Waals surface area contributed by atoms with E-state index in [1.54, 1.807) is 48.5 Å². The number of carbonyl (C=O) groups excluding carboxylic acids is 2. The van der Waals surface area contributed by atoms with Crippen LogP contribution in [0.3, 0.4) is 0 Å². The topological polar surface area (TPSA) is 86.8 Å². The number of benzene rings is 2. The van der Waals surface area contributed by atoms with Gasteiger partial charge in [-0.1, -0.05) is 17.7 Å². The lowest BCUT2D eigenvalue weighted by Crippen LogP contribution is -2.36. The molecule has 0 radical (unpaired) electrons. The maximum Gasteiger partial charge on any atom is 0.264 e. The number of rotatable bonds is 6. The van der Waals surface area contributed by atoms with Crippen LogP contribution >= 0.6 is 0 Å². The van der Waals surface area contributed by atoms with Crippen molar-refractivity contribution in [2.24, 2.45) is 0 Å². The van der Waals surface area contributed by atoms with E-state index < -0.39 is 10.0 Å². The normalized spacial score (nSPS) is 11.0. The van der Waals surface area contributed by atoms with Gasteiger partial charge in [0.05, 0.1) is 17.1 Å². The minimum atomic E-state index is -3.69. The Hall–Kier alpha value is -2.87. The lowest BCUT2D eigenvalue weighted by Gasteiger charge is -2.20. The predicted octanol–water partition coefficient (Wildman–Crippen LogP) is 1.64. The van der Waals surface area contributed by atoms with E-state index in [-0.39, 0.29) is 23.3 Å². The summed E-state index contributed by atoms with van der Waals surface area (Å²) in [5.74, 6) is -0.597. The first-order valence-electron chi connectivity index (χ1n) is 8.28. The quantitative estimate of drug-likeness (QED) is 0.814. The summed E-state index contributed by atoms with van der Waals surface area (Å²) >= 11 is 0. The van der Waals surface area contributed by atoms with Gasteiger partial charge in [0.1, 0.15) is 0 Å². The number of anilines is 1. The molecule has 7 nitrogen and oxygen atoms in total. The second-order valence-corrected chi connectivity index (χ2v) is 8.14. The molecule has 0 aliphatic rings. The van der Waals surface area contributed by atoms with Crippen molar-refractivity contribution in [1.29, 1.82) is 0 Å². The molecule has 0 bridgehead atoms. The van der Waals surface area contributed by atoms with Crippen molar-refractivity contribution in [3.8, 4) is 0 Å². The Balaban J connectivity index is 2.19. The smallest absolute Gasteiger partial charge is 0.264 e. The summed E-state index contributed by atoms with van der Waals surface area (Å²) in [5, 5.41) is 2.46. The number of nitrogens with zero attached hydrogens (tertiary/aromatic N) is 2. The number of aryl methyl sites for hydroxylation is 1. The SMILES string of the molecule is CNC(=O)CN(C)C(=O)c1ccc(N(C)S(=O)(=O)c2ccc(C)cc2)cc1. The van der Waals surface area contributed by atoms with Gasteiger partial charge in [-0.15, -0.1) is 0 Å². The van der Waals surface area contributed by atoms with Gasteiger partial charge < -0.3 is 10.2 Å². The van der Waals surface area contributed by atoms with Crippen molar-refractivity contribution < 1.29 is 18.0 Å². The fourth-order valence-electron chi connectivity index (χ4n) is 2.41. The number of hydrogen-bond acceptors (Lipinski definition) is 4. The molecule has 0 aliphatic carbocycles. The highest BCUT2D eigenvalue weighted by atomic mass is 32.2. The number of carbonyl (C=O) groups is 2. The molecular weight excluding hydrogens is 366 g/mol. The molecule has 27 heavy (non-hydrogen) atoms. The van der Waals surface area contributed by atoms with E-state index >= 15 is 0 Å². The summed E-state index contributed by atoms with van der Waals surface area (Å²) < 4.78 is 26.6. The van der Waals surface area contributed by atoms with Gasteiger partial charge in [0, 0.05) is 26.7 Å². The van der Waals surface area contributed by atoms with Crippen LogP contribution in [0, 0.1) is 6.92 Å². The fourth-order valence-corrected chi connectivity index (χ4v) is 3.60. The van der Waals surface area contributed by atoms with Gasteiger partial charge in [-0.25, -0.2) is 8.42 Å². The number of likely N-dealkylation sites (N-methyl/N-ethyl adjacent to an activating group) is 2. The first kappa shape index (κ1) is 20.4. The number of hydrogen-bond donors (Lipinski definition) is 1. The maximum atomic E-state index is 12.7. The first-order valence-corrected chi connectivity index (χ1v) is 9.72. The minimum Gasteiger partial charge on any atom is -0.358 e. The standard InChI is InChI=1S/C19H23N3O4S/c1-14-5-11-17(12-6-14)27(25,26)22(4)16-9-7-15(8-10-16)19(24)21(3)13-18(23)20-2/h5-12H,13H2,1-4H3,(H,20,23). The van der Waals surface area contributed by atoms with Crippen molar-refractivity contribution in [3.63, 3.8) is 0 Å². The Morgan fingerprint density at radius 3 is 2.04 bits per heavy atom. The number of sulfonamides is 1. The van der Waals surface area contributed by atoms with E-state index in [1.165, 1.54) is 30.3 Å². The van der Waals surface area contributed by atoms with Gasteiger partial charge in [-0.05, 0) is 43.3 Å². The monoisotopic (exact) mass is 389 g/mol. The molecule has 144 valence electrons. The highest BCUT2D eigenvalue weighted by Crippen LogP contribution is 2.23. The summed E-state index contributed by atoms with van der Waals surface area (Å²) in [6.07, 6.45) is 0. The number of amides is 2. The van der Waals surface area contributed by atoms with E-state index in [9.17, 15) is 18.0 Å². The van der Waals surface area contributed by atoms with Gasteiger partial charge in [-0.2, -0.15) is 0 Å². The van der Waals surface area contributed by atoms with Crippen LogP contribution in [-0.4, -0.2) is 52.8 Å². The molecule has 1 N–H and O–H groups in total. The van der Waals surface area contributed by atoms with Crippen LogP contribution in [-0.2, 0) is 14.8 Å². The van der Waals surface area contributed by atoms with E-state index in [0.717, 1.165) is 5.56 Å².